The van der Waals surface area contributed by atoms with Gasteiger partial charge in [0.1, 0.15) is 0 Å². The van der Waals surface area contributed by atoms with Gasteiger partial charge in [0.15, 0.2) is 0 Å². The lowest BCUT2D eigenvalue weighted by molar-refractivity contribution is 0.144. The van der Waals surface area contributed by atoms with E-state index in [0.29, 0.717) is 62.3 Å². The topological polar surface area (TPSA) is 230 Å². The van der Waals surface area contributed by atoms with Crippen molar-refractivity contribution in [1.29, 1.82) is 0 Å². The number of aliphatic hydroxyl groups excluding tert-OH is 1. The van der Waals surface area contributed by atoms with Gasteiger partial charge >= 0.3 is 0 Å². The minimum absolute atomic E-state index is 0.0855. The van der Waals surface area contributed by atoms with E-state index < -0.39 is 16.1 Å². The summed E-state index contributed by atoms with van der Waals surface area (Å²) in [5.41, 5.74) is 20.3. The van der Waals surface area contributed by atoms with Crippen LogP contribution in [0, 0.1) is 0 Å². The van der Waals surface area contributed by atoms with E-state index in [1.54, 1.807) is 36.5 Å². The van der Waals surface area contributed by atoms with Gasteiger partial charge in [0.25, 0.3) is 10.0 Å². The van der Waals surface area contributed by atoms with E-state index in [4.69, 9.17) is 17.2 Å². The first-order chi connectivity index (χ1) is 20.1. The molecule has 0 radical (unpaired) electrons. The number of hydrogen-bond donors (Lipinski definition) is 7. The van der Waals surface area contributed by atoms with Gasteiger partial charge in [0.05, 0.1) is 28.4 Å². The largest absolute Gasteiger partial charge is 0.391 e. The van der Waals surface area contributed by atoms with Crippen molar-refractivity contribution in [1.82, 2.24) is 25.1 Å². The number of fused-ring (bicyclic) bond motifs is 1. The molecule has 2 saturated heterocycles. The van der Waals surface area contributed by atoms with E-state index >= 15 is 0 Å². The van der Waals surface area contributed by atoms with Gasteiger partial charge in [-0.3, -0.25) is 9.82 Å². The Bertz CT molecular complexity index is 1600. The lowest BCUT2D eigenvalue weighted by Crippen LogP contribution is -2.53. The average molecular weight is 595 g/mol. The molecule has 0 spiro atoms. The number of sulfonamides is 1. The van der Waals surface area contributed by atoms with Crippen molar-refractivity contribution in [3.63, 3.8) is 0 Å². The second-order valence-electron chi connectivity index (χ2n) is 10.9. The zero-order valence-corrected chi connectivity index (χ0v) is 23.6. The maximum atomic E-state index is 13.0. The van der Waals surface area contributed by atoms with Gasteiger partial charge in [0, 0.05) is 55.4 Å². The fourth-order valence-corrected chi connectivity index (χ4v) is 6.42. The first-order valence-electron chi connectivity index (χ1n) is 13.6. The van der Waals surface area contributed by atoms with Crippen LogP contribution in [0.5, 0.6) is 0 Å². The van der Waals surface area contributed by atoms with Crippen LogP contribution in [-0.4, -0.2) is 89.1 Å². The third-order valence-electron chi connectivity index (χ3n) is 7.27. The van der Waals surface area contributed by atoms with E-state index in [9.17, 15) is 13.5 Å². The summed E-state index contributed by atoms with van der Waals surface area (Å²) in [4.78, 5) is 17.8. The molecule has 16 heteroatoms. The number of anilines is 5. The van der Waals surface area contributed by atoms with E-state index in [-0.39, 0.29) is 29.0 Å². The maximum absolute atomic E-state index is 13.0. The number of benzene rings is 2. The Hall–Kier alpha value is -4.09. The summed E-state index contributed by atoms with van der Waals surface area (Å²) in [6.07, 6.45) is 2.26. The summed E-state index contributed by atoms with van der Waals surface area (Å²) < 4.78 is 28.7. The predicted molar refractivity (Wildman–Crippen MR) is 160 cm³/mol. The first kappa shape index (κ1) is 28.0. The van der Waals surface area contributed by atoms with E-state index in [1.807, 2.05) is 9.80 Å². The molecule has 4 heterocycles. The number of nitrogens with two attached hydrogens (primary N) is 3. The Morgan fingerprint density at radius 2 is 1.45 bits per heavy atom. The van der Waals surface area contributed by atoms with Crippen LogP contribution in [-0.2, 0) is 10.0 Å². The highest BCUT2D eigenvalue weighted by Crippen LogP contribution is 2.26. The van der Waals surface area contributed by atoms with Gasteiger partial charge in [0.2, 0.25) is 17.8 Å². The van der Waals surface area contributed by atoms with Gasteiger partial charge in [-0.2, -0.15) is 20.1 Å². The fraction of sp³-hybridized carbons (Fsp3) is 0.385. The number of rotatable bonds is 7. The standard InChI is InChI=1S/C26H34N12O3S/c27-16-7-17(28)12-37(11-16)25-32-24(33-26(34-25)38-13-18(29)8-21(39)14-38)31-19-3-5-22(6-4-19)42(40,41)36-20-2-1-15-10-30-35-23(15)9-20/h1-6,9-10,16-18,21,36,39H,7-8,11-14,27-29H2,(H,30,35)(H,31,32,33,34)/t16-,17+,18-,21+/m1/s1. The monoisotopic (exact) mass is 594 g/mol. The third-order valence-corrected chi connectivity index (χ3v) is 8.67. The molecule has 222 valence electrons. The predicted octanol–water partition coefficient (Wildman–Crippen LogP) is 0.0553. The molecule has 0 bridgehead atoms. The average Bonchev–Trinajstić information content (AvgIpc) is 3.40. The second kappa shape index (κ2) is 11.3. The van der Waals surface area contributed by atoms with Gasteiger partial charge in [-0.15, -0.1) is 0 Å². The van der Waals surface area contributed by atoms with E-state index in [2.05, 4.69) is 35.2 Å². The zero-order chi connectivity index (χ0) is 29.4. The molecule has 0 aliphatic carbocycles. The zero-order valence-electron chi connectivity index (χ0n) is 22.8. The molecule has 2 aliphatic rings. The lowest BCUT2D eigenvalue weighted by Gasteiger charge is -2.36. The number of H-pyrrole nitrogens is 1. The van der Waals surface area contributed by atoms with Crippen molar-refractivity contribution in [3.05, 3.63) is 48.7 Å². The summed E-state index contributed by atoms with van der Waals surface area (Å²) in [6, 6.07) is 10.9. The molecular formula is C26H34N12O3S. The molecule has 0 amide bonds. The van der Waals surface area contributed by atoms with Crippen LogP contribution in [0.1, 0.15) is 12.8 Å². The van der Waals surface area contributed by atoms with Crippen molar-refractivity contribution >= 4 is 50.1 Å². The summed E-state index contributed by atoms with van der Waals surface area (Å²) in [7, 11) is -3.84. The molecule has 6 rings (SSSR count). The minimum Gasteiger partial charge on any atom is -0.391 e. The molecule has 2 fully saturated rings. The normalized spacial score (nSPS) is 23.2. The number of aromatic nitrogens is 5. The van der Waals surface area contributed by atoms with Crippen LogP contribution >= 0.6 is 0 Å². The third kappa shape index (κ3) is 6.22. The number of hydrogen-bond acceptors (Lipinski definition) is 13. The SMILES string of the molecule is N[C@@H]1C[C@H](N)CN(c2nc(Nc3ccc(S(=O)(=O)Nc4ccc5cn[nH]c5c4)cc3)nc(N3C[C@H](N)C[C@H](O)C3)n2)C1. The molecule has 4 aromatic rings. The molecule has 0 saturated carbocycles. The summed E-state index contributed by atoms with van der Waals surface area (Å²) in [5, 5.41) is 21.1. The smallest absolute Gasteiger partial charge is 0.261 e. The Morgan fingerprint density at radius 3 is 2.12 bits per heavy atom. The quantitative estimate of drug-likeness (QED) is 0.150. The summed E-state index contributed by atoms with van der Waals surface area (Å²) in [6.45, 7) is 1.88. The number of nitrogens with one attached hydrogen (secondary N) is 3. The number of β-amino-alcohol motifs (C(OH)–C–C–N with tert-alkyl or cyclic N) is 1. The van der Waals surface area contributed by atoms with Crippen LogP contribution in [0.3, 0.4) is 0 Å². The van der Waals surface area contributed by atoms with Gasteiger partial charge in [-0.25, -0.2) is 8.42 Å². The first-order valence-corrected chi connectivity index (χ1v) is 15.1. The highest BCUT2D eigenvalue weighted by Gasteiger charge is 2.29. The van der Waals surface area contributed by atoms with Crippen molar-refractivity contribution in [2.45, 2.75) is 42.0 Å². The van der Waals surface area contributed by atoms with Crippen molar-refractivity contribution in [3.8, 4) is 0 Å². The summed E-state index contributed by atoms with van der Waals surface area (Å²) in [5.74, 6) is 1.01. The highest BCUT2D eigenvalue weighted by molar-refractivity contribution is 7.92. The Labute approximate surface area is 242 Å². The van der Waals surface area contributed by atoms with Crippen LogP contribution < -0.4 is 37.0 Å². The second-order valence-corrected chi connectivity index (χ2v) is 12.6. The molecule has 4 atom stereocenters. The number of aliphatic hydroxyl groups is 1. The molecule has 2 aliphatic heterocycles. The molecule has 10 N–H and O–H groups in total. The molecule has 2 aromatic carbocycles. The van der Waals surface area contributed by atoms with Gasteiger partial charge in [-0.05, 0) is 55.3 Å². The van der Waals surface area contributed by atoms with E-state index in [0.717, 1.165) is 10.9 Å². The van der Waals surface area contributed by atoms with Crippen LogP contribution in [0.15, 0.2) is 53.6 Å². The Balaban J connectivity index is 1.24. The van der Waals surface area contributed by atoms with Crippen LogP contribution in [0.25, 0.3) is 10.9 Å². The lowest BCUT2D eigenvalue weighted by atomic mass is 10.0. The molecule has 2 aromatic heterocycles. The number of nitrogens with zero attached hydrogens (tertiary/aromatic N) is 6. The molecule has 15 nitrogen and oxygen atoms in total. The van der Waals surface area contributed by atoms with Gasteiger partial charge < -0.3 is 37.4 Å². The maximum Gasteiger partial charge on any atom is 0.261 e. The molecule has 42 heavy (non-hydrogen) atoms. The Kier molecular flexibility index (Phi) is 7.54. The fourth-order valence-electron chi connectivity index (χ4n) is 5.37. The van der Waals surface area contributed by atoms with Crippen LogP contribution in [0.2, 0.25) is 0 Å². The van der Waals surface area contributed by atoms with Gasteiger partial charge in [-0.1, -0.05) is 0 Å². The number of piperidine rings is 2. The summed E-state index contributed by atoms with van der Waals surface area (Å²) >= 11 is 0. The molecule has 0 unspecified atom stereocenters. The van der Waals surface area contributed by atoms with Crippen molar-refractivity contribution < 1.29 is 13.5 Å². The molecular weight excluding hydrogens is 560 g/mol. The van der Waals surface area contributed by atoms with E-state index in [1.165, 1.54) is 12.1 Å². The minimum atomic E-state index is -3.84. The van der Waals surface area contributed by atoms with Crippen LogP contribution in [0.4, 0.5) is 29.2 Å². The van der Waals surface area contributed by atoms with Crippen molar-refractivity contribution in [2.24, 2.45) is 17.2 Å². The Morgan fingerprint density at radius 1 is 0.833 bits per heavy atom. The highest BCUT2D eigenvalue weighted by atomic mass is 32.2. The van der Waals surface area contributed by atoms with Crippen molar-refractivity contribution in [2.75, 3.05) is 46.0 Å². The number of aromatic amines is 1.